The van der Waals surface area contributed by atoms with E-state index < -0.39 is 0 Å². The molecule has 0 saturated heterocycles. The van der Waals surface area contributed by atoms with Crippen molar-refractivity contribution in [3.05, 3.63) is 29.8 Å². The molecule has 0 fully saturated rings. The highest BCUT2D eigenvalue weighted by Crippen LogP contribution is 2.18. The molecule has 0 radical (unpaired) electrons. The largest absolute Gasteiger partial charge is 0.395 e. The molecular weight excluding hydrogens is 204 g/mol. The molecule has 0 saturated carbocycles. The van der Waals surface area contributed by atoms with Gasteiger partial charge in [0.05, 0.1) is 19.4 Å². The molecule has 1 rings (SSSR count). The fraction of sp³-hybridized carbons (Fsp3) is 0.500. The Labute approximate surface area is 96.6 Å². The number of benzene rings is 1. The van der Waals surface area contributed by atoms with Gasteiger partial charge in [-0.15, -0.1) is 0 Å². The van der Waals surface area contributed by atoms with E-state index in [2.05, 4.69) is 29.9 Å². The lowest BCUT2D eigenvalue weighted by molar-refractivity contribution is 0.271. The van der Waals surface area contributed by atoms with Crippen molar-refractivity contribution < 1.29 is 9.94 Å². The highest BCUT2D eigenvalue weighted by atomic mass is 16.6. The molecule has 0 bridgehead atoms. The van der Waals surface area contributed by atoms with Crippen LogP contribution in [0.5, 0.6) is 0 Å². The summed E-state index contributed by atoms with van der Waals surface area (Å²) < 4.78 is 0. The second-order valence-electron chi connectivity index (χ2n) is 3.76. The third-order valence-electron chi connectivity index (χ3n) is 2.41. The van der Waals surface area contributed by atoms with Crippen molar-refractivity contribution in [2.45, 2.75) is 12.8 Å². The maximum absolute atomic E-state index is 8.67. The molecule has 4 nitrogen and oxygen atoms in total. The summed E-state index contributed by atoms with van der Waals surface area (Å²) in [6, 6.07) is 8.11. The second-order valence-corrected chi connectivity index (χ2v) is 3.76. The minimum absolute atomic E-state index is 0.179. The Morgan fingerprint density at radius 2 is 2.25 bits per heavy atom. The van der Waals surface area contributed by atoms with Crippen LogP contribution in [0.4, 0.5) is 5.69 Å². The fourth-order valence-electron chi connectivity index (χ4n) is 1.54. The number of anilines is 1. The van der Waals surface area contributed by atoms with E-state index in [1.807, 2.05) is 12.1 Å². The molecule has 0 heterocycles. The molecule has 4 heteroatoms. The summed E-state index contributed by atoms with van der Waals surface area (Å²) in [5, 5.41) is 11.9. The van der Waals surface area contributed by atoms with Gasteiger partial charge in [-0.1, -0.05) is 19.1 Å². The molecular formula is C12H20N2O2. The van der Waals surface area contributed by atoms with Crippen LogP contribution in [0.25, 0.3) is 0 Å². The van der Waals surface area contributed by atoms with Gasteiger partial charge >= 0.3 is 0 Å². The molecule has 1 unspecified atom stereocenters. The lowest BCUT2D eigenvalue weighted by Gasteiger charge is -2.14. The maximum atomic E-state index is 8.67. The van der Waals surface area contributed by atoms with Crippen LogP contribution in [0.1, 0.15) is 18.4 Å². The van der Waals surface area contributed by atoms with Crippen LogP contribution >= 0.6 is 0 Å². The Balaban J connectivity index is 2.53. The van der Waals surface area contributed by atoms with E-state index in [1.54, 1.807) is 7.11 Å². The molecule has 1 aromatic rings. The van der Waals surface area contributed by atoms with Crippen molar-refractivity contribution in [1.82, 2.24) is 5.32 Å². The summed E-state index contributed by atoms with van der Waals surface area (Å²) in [6.45, 7) is 3.83. The van der Waals surface area contributed by atoms with Gasteiger partial charge in [-0.3, -0.25) is 10.3 Å². The van der Waals surface area contributed by atoms with Gasteiger partial charge in [-0.25, -0.2) is 0 Å². The normalized spacial score (nSPS) is 12.4. The Hall–Kier alpha value is -1.10. The standard InChI is InChI=1S/C12H20N2O2/c1-10(9-13-6-7-15)11-4-3-5-12(8-11)14-16-2/h3-5,8,10,13-15H,6-7,9H2,1-2H3. The number of aliphatic hydroxyl groups is 1. The number of hydrogen-bond acceptors (Lipinski definition) is 4. The third-order valence-corrected chi connectivity index (χ3v) is 2.41. The first-order chi connectivity index (χ1) is 7.77. The molecule has 0 aliphatic rings. The zero-order valence-corrected chi connectivity index (χ0v) is 9.86. The van der Waals surface area contributed by atoms with Crippen molar-refractivity contribution >= 4 is 5.69 Å². The Morgan fingerprint density at radius 3 is 2.94 bits per heavy atom. The zero-order chi connectivity index (χ0) is 11.8. The Morgan fingerprint density at radius 1 is 1.44 bits per heavy atom. The molecule has 90 valence electrons. The van der Waals surface area contributed by atoms with Gasteiger partial charge in [0.15, 0.2) is 0 Å². The maximum Gasteiger partial charge on any atom is 0.0636 e. The predicted octanol–water partition coefficient (Wildman–Crippen LogP) is 1.35. The molecule has 0 aromatic heterocycles. The number of rotatable bonds is 7. The van der Waals surface area contributed by atoms with E-state index in [-0.39, 0.29) is 6.61 Å². The zero-order valence-electron chi connectivity index (χ0n) is 9.86. The monoisotopic (exact) mass is 224 g/mol. The molecule has 3 N–H and O–H groups in total. The van der Waals surface area contributed by atoms with Crippen LogP contribution in [0.15, 0.2) is 24.3 Å². The van der Waals surface area contributed by atoms with Crippen molar-refractivity contribution in [3.63, 3.8) is 0 Å². The van der Waals surface area contributed by atoms with Crippen LogP contribution in [0.2, 0.25) is 0 Å². The molecule has 1 aromatic carbocycles. The molecule has 0 aliphatic heterocycles. The lowest BCUT2D eigenvalue weighted by atomic mass is 10.0. The average Bonchev–Trinajstić information content (AvgIpc) is 2.30. The molecule has 1 atom stereocenters. The van der Waals surface area contributed by atoms with Crippen molar-refractivity contribution in [2.24, 2.45) is 0 Å². The van der Waals surface area contributed by atoms with Crippen molar-refractivity contribution in [2.75, 3.05) is 32.3 Å². The lowest BCUT2D eigenvalue weighted by Crippen LogP contribution is -2.23. The SMILES string of the molecule is CONc1cccc(C(C)CNCCO)c1. The minimum atomic E-state index is 0.179. The second kappa shape index (κ2) is 7.22. The van der Waals surface area contributed by atoms with Gasteiger partial charge in [0.2, 0.25) is 0 Å². The fourth-order valence-corrected chi connectivity index (χ4v) is 1.54. The Kier molecular flexibility index (Phi) is 5.85. The summed E-state index contributed by atoms with van der Waals surface area (Å²) in [5.41, 5.74) is 5.01. The molecule has 0 aliphatic carbocycles. The number of hydrogen-bond donors (Lipinski definition) is 3. The van der Waals surface area contributed by atoms with E-state index in [0.717, 1.165) is 12.2 Å². The summed E-state index contributed by atoms with van der Waals surface area (Å²) in [5.74, 6) is 0.408. The first-order valence-electron chi connectivity index (χ1n) is 5.48. The number of aliphatic hydroxyl groups excluding tert-OH is 1. The van der Waals surface area contributed by atoms with E-state index in [4.69, 9.17) is 9.94 Å². The predicted molar refractivity (Wildman–Crippen MR) is 65.4 cm³/mol. The van der Waals surface area contributed by atoms with Crippen molar-refractivity contribution in [3.8, 4) is 0 Å². The van der Waals surface area contributed by atoms with Crippen LogP contribution < -0.4 is 10.8 Å². The van der Waals surface area contributed by atoms with E-state index in [0.29, 0.717) is 12.5 Å². The van der Waals surface area contributed by atoms with Gasteiger partial charge < -0.3 is 10.4 Å². The first kappa shape index (κ1) is 13.0. The highest BCUT2D eigenvalue weighted by molar-refractivity contribution is 5.44. The van der Waals surface area contributed by atoms with Gasteiger partial charge in [0, 0.05) is 13.1 Å². The van der Waals surface area contributed by atoms with Gasteiger partial charge in [-0.05, 0) is 23.6 Å². The van der Waals surface area contributed by atoms with Crippen LogP contribution in [-0.4, -0.2) is 31.9 Å². The minimum Gasteiger partial charge on any atom is -0.395 e. The Bertz CT molecular complexity index is 305. The van der Waals surface area contributed by atoms with Crippen LogP contribution in [0.3, 0.4) is 0 Å². The summed E-state index contributed by atoms with van der Waals surface area (Å²) in [6.07, 6.45) is 0. The van der Waals surface area contributed by atoms with E-state index >= 15 is 0 Å². The van der Waals surface area contributed by atoms with Gasteiger partial charge in [-0.2, -0.15) is 0 Å². The molecule has 16 heavy (non-hydrogen) atoms. The first-order valence-corrected chi connectivity index (χ1v) is 5.48. The van der Waals surface area contributed by atoms with Crippen molar-refractivity contribution in [1.29, 1.82) is 0 Å². The quantitative estimate of drug-likeness (QED) is 0.483. The summed E-state index contributed by atoms with van der Waals surface area (Å²) >= 11 is 0. The van der Waals surface area contributed by atoms with Crippen LogP contribution in [0, 0.1) is 0 Å². The average molecular weight is 224 g/mol. The summed E-state index contributed by atoms with van der Waals surface area (Å²) in [7, 11) is 1.60. The number of nitrogens with one attached hydrogen (secondary N) is 2. The van der Waals surface area contributed by atoms with Gasteiger partial charge in [0.25, 0.3) is 0 Å². The van der Waals surface area contributed by atoms with E-state index in [1.165, 1.54) is 5.56 Å². The van der Waals surface area contributed by atoms with E-state index in [9.17, 15) is 0 Å². The molecule has 0 amide bonds. The topological polar surface area (TPSA) is 53.5 Å². The molecule has 0 spiro atoms. The highest BCUT2D eigenvalue weighted by Gasteiger charge is 2.05. The van der Waals surface area contributed by atoms with Gasteiger partial charge in [0.1, 0.15) is 0 Å². The third kappa shape index (κ3) is 4.18. The van der Waals surface area contributed by atoms with Crippen LogP contribution in [-0.2, 0) is 4.84 Å². The summed E-state index contributed by atoms with van der Waals surface area (Å²) in [4.78, 5) is 4.86. The smallest absolute Gasteiger partial charge is 0.0636 e.